The third kappa shape index (κ3) is 2.29. The zero-order chi connectivity index (χ0) is 16.1. The molecule has 0 aliphatic rings. The molecule has 2 heteroatoms. The van der Waals surface area contributed by atoms with Crippen molar-refractivity contribution < 1.29 is 0 Å². The summed E-state index contributed by atoms with van der Waals surface area (Å²) in [5.41, 5.74) is 5.22. The molecule has 2 aromatic heterocycles. The first-order chi connectivity index (χ1) is 11.0. The Kier molecular flexibility index (Phi) is 3.31. The number of nitrogens with zero attached hydrogens (tertiary/aromatic N) is 1. The summed E-state index contributed by atoms with van der Waals surface area (Å²) < 4.78 is 2.42. The van der Waals surface area contributed by atoms with Gasteiger partial charge in [-0.05, 0) is 56.2 Å². The van der Waals surface area contributed by atoms with Crippen molar-refractivity contribution in [3.63, 3.8) is 0 Å². The third-order valence-corrected chi connectivity index (χ3v) is 5.85. The molecule has 4 aromatic rings. The van der Waals surface area contributed by atoms with Crippen LogP contribution in [-0.2, 0) is 0 Å². The molecule has 4 rings (SSSR count). The molecule has 0 fully saturated rings. The van der Waals surface area contributed by atoms with Crippen molar-refractivity contribution in [3.05, 3.63) is 64.5 Å². The van der Waals surface area contributed by atoms with Crippen LogP contribution in [0.2, 0.25) is 0 Å². The number of fused-ring (bicyclic) bond motifs is 3. The summed E-state index contributed by atoms with van der Waals surface area (Å²) in [7, 11) is 0. The van der Waals surface area contributed by atoms with Crippen LogP contribution >= 0.6 is 11.3 Å². The minimum atomic E-state index is 0.575. The van der Waals surface area contributed by atoms with Crippen LogP contribution in [0, 0.1) is 13.8 Å². The van der Waals surface area contributed by atoms with Gasteiger partial charge in [-0.15, -0.1) is 11.3 Å². The normalized spacial score (nSPS) is 11.9. The maximum atomic E-state index is 2.42. The Bertz CT molecular complexity index is 958. The Morgan fingerprint density at radius 3 is 1.83 bits per heavy atom. The molecule has 0 aliphatic carbocycles. The Morgan fingerprint density at radius 2 is 1.35 bits per heavy atom. The van der Waals surface area contributed by atoms with E-state index in [-0.39, 0.29) is 0 Å². The zero-order valence-corrected chi connectivity index (χ0v) is 14.9. The van der Waals surface area contributed by atoms with E-state index in [9.17, 15) is 0 Å². The Morgan fingerprint density at radius 1 is 0.783 bits per heavy atom. The fourth-order valence-corrected chi connectivity index (χ4v) is 4.30. The lowest BCUT2D eigenvalue weighted by Gasteiger charge is -2.05. The predicted molar refractivity (Wildman–Crippen MR) is 102 cm³/mol. The number of rotatable bonds is 2. The van der Waals surface area contributed by atoms with Crippen LogP contribution in [0.1, 0.15) is 35.8 Å². The maximum absolute atomic E-state index is 2.42. The molecule has 0 N–H and O–H groups in total. The average molecular weight is 319 g/mol. The van der Waals surface area contributed by atoms with E-state index in [4.69, 9.17) is 0 Å². The smallest absolute Gasteiger partial charge is 0.100 e. The van der Waals surface area contributed by atoms with Gasteiger partial charge in [-0.25, -0.2) is 0 Å². The number of benzene rings is 2. The lowest BCUT2D eigenvalue weighted by Crippen LogP contribution is -1.90. The minimum absolute atomic E-state index is 0.575. The first-order valence-electron chi connectivity index (χ1n) is 8.16. The fraction of sp³-hybridized carbons (Fsp3) is 0.238. The molecule has 1 nitrogen and oxygen atoms in total. The van der Waals surface area contributed by atoms with Crippen molar-refractivity contribution in [1.82, 2.24) is 4.57 Å². The lowest BCUT2D eigenvalue weighted by molar-refractivity contribution is 0.890. The first-order valence-corrected chi connectivity index (χ1v) is 8.98. The van der Waals surface area contributed by atoms with Crippen molar-refractivity contribution in [1.29, 1.82) is 0 Å². The van der Waals surface area contributed by atoms with Gasteiger partial charge in [0.25, 0.3) is 0 Å². The van der Waals surface area contributed by atoms with Crippen molar-refractivity contribution in [3.8, 4) is 5.00 Å². The summed E-state index contributed by atoms with van der Waals surface area (Å²) in [6.07, 6.45) is 0. The van der Waals surface area contributed by atoms with Gasteiger partial charge in [0.1, 0.15) is 5.00 Å². The molecular formula is C21H21NS. The highest BCUT2D eigenvalue weighted by atomic mass is 32.1. The second-order valence-corrected chi connectivity index (χ2v) is 7.80. The topological polar surface area (TPSA) is 4.93 Å². The van der Waals surface area contributed by atoms with E-state index >= 15 is 0 Å². The van der Waals surface area contributed by atoms with Crippen LogP contribution in [-0.4, -0.2) is 4.57 Å². The summed E-state index contributed by atoms with van der Waals surface area (Å²) in [4.78, 5) is 1.44. The first kappa shape index (κ1) is 14.5. The van der Waals surface area contributed by atoms with E-state index in [0.717, 1.165) is 0 Å². The van der Waals surface area contributed by atoms with Crippen LogP contribution in [0.3, 0.4) is 0 Å². The molecule has 0 atom stereocenters. The average Bonchev–Trinajstić information content (AvgIpc) is 3.10. The molecule has 0 unspecified atom stereocenters. The summed E-state index contributed by atoms with van der Waals surface area (Å²) in [5, 5.41) is 4.01. The SMILES string of the molecule is Cc1ccc2c(c1)c1cc(C)ccc1n2-c1ccc(C(C)C)s1. The van der Waals surface area contributed by atoms with E-state index in [1.807, 2.05) is 11.3 Å². The largest absolute Gasteiger partial charge is 0.301 e. The maximum Gasteiger partial charge on any atom is 0.100 e. The van der Waals surface area contributed by atoms with Crippen LogP contribution in [0.15, 0.2) is 48.5 Å². The Labute approximate surface area is 141 Å². The van der Waals surface area contributed by atoms with E-state index in [1.54, 1.807) is 0 Å². The molecular weight excluding hydrogens is 298 g/mol. The van der Waals surface area contributed by atoms with Gasteiger partial charge in [-0.3, -0.25) is 0 Å². The molecule has 2 aromatic carbocycles. The summed E-state index contributed by atoms with van der Waals surface area (Å²) in [5.74, 6) is 0.575. The highest BCUT2D eigenvalue weighted by molar-refractivity contribution is 7.14. The van der Waals surface area contributed by atoms with Crippen molar-refractivity contribution in [2.45, 2.75) is 33.6 Å². The Balaban J connectivity index is 2.10. The number of aryl methyl sites for hydroxylation is 2. The van der Waals surface area contributed by atoms with Gasteiger partial charge in [-0.2, -0.15) is 0 Å². The summed E-state index contributed by atoms with van der Waals surface area (Å²) >= 11 is 1.90. The second-order valence-electron chi connectivity index (χ2n) is 6.71. The molecule has 0 spiro atoms. The van der Waals surface area contributed by atoms with E-state index in [1.165, 1.54) is 42.8 Å². The predicted octanol–water partition coefficient (Wildman–Crippen LogP) is 6.59. The minimum Gasteiger partial charge on any atom is -0.301 e. The highest BCUT2D eigenvalue weighted by Crippen LogP contribution is 2.36. The molecule has 0 radical (unpaired) electrons. The van der Waals surface area contributed by atoms with Gasteiger partial charge in [0.05, 0.1) is 11.0 Å². The number of aromatic nitrogens is 1. The van der Waals surface area contributed by atoms with Crippen LogP contribution < -0.4 is 0 Å². The fourth-order valence-electron chi connectivity index (χ4n) is 3.26. The second kappa shape index (κ2) is 5.24. The molecule has 0 saturated carbocycles. The molecule has 0 saturated heterocycles. The van der Waals surface area contributed by atoms with Crippen LogP contribution in [0.5, 0.6) is 0 Å². The summed E-state index contributed by atoms with van der Waals surface area (Å²) in [6.45, 7) is 8.85. The molecule has 0 aliphatic heterocycles. The van der Waals surface area contributed by atoms with E-state index < -0.39 is 0 Å². The van der Waals surface area contributed by atoms with E-state index in [2.05, 4.69) is 80.8 Å². The van der Waals surface area contributed by atoms with Crippen molar-refractivity contribution in [2.75, 3.05) is 0 Å². The summed E-state index contributed by atoms with van der Waals surface area (Å²) in [6, 6.07) is 18.1. The molecule has 0 bridgehead atoms. The standard InChI is InChI=1S/C21H21NS/c1-13(2)20-9-10-21(23-20)22-18-7-5-14(3)11-16(18)17-12-15(4)6-8-19(17)22/h5-13H,1-4H3. The van der Waals surface area contributed by atoms with E-state index in [0.29, 0.717) is 5.92 Å². The molecule has 0 amide bonds. The lowest BCUT2D eigenvalue weighted by atomic mass is 10.1. The monoisotopic (exact) mass is 319 g/mol. The van der Waals surface area contributed by atoms with Crippen molar-refractivity contribution >= 4 is 33.1 Å². The Hall–Kier alpha value is -2.06. The van der Waals surface area contributed by atoms with Gasteiger partial charge in [0, 0.05) is 15.6 Å². The number of thiophene rings is 1. The van der Waals surface area contributed by atoms with Crippen molar-refractivity contribution in [2.24, 2.45) is 0 Å². The number of hydrogen-bond donors (Lipinski definition) is 0. The molecule has 23 heavy (non-hydrogen) atoms. The highest BCUT2D eigenvalue weighted by Gasteiger charge is 2.14. The molecule has 116 valence electrons. The van der Waals surface area contributed by atoms with Gasteiger partial charge < -0.3 is 4.57 Å². The third-order valence-electron chi connectivity index (χ3n) is 4.48. The number of hydrogen-bond acceptors (Lipinski definition) is 1. The van der Waals surface area contributed by atoms with Gasteiger partial charge in [0.2, 0.25) is 0 Å². The quantitative estimate of drug-likeness (QED) is 0.393. The van der Waals surface area contributed by atoms with Gasteiger partial charge in [-0.1, -0.05) is 37.1 Å². The molecule has 2 heterocycles. The van der Waals surface area contributed by atoms with Gasteiger partial charge >= 0.3 is 0 Å². The van der Waals surface area contributed by atoms with Gasteiger partial charge in [0.15, 0.2) is 0 Å². The zero-order valence-electron chi connectivity index (χ0n) is 14.1. The van der Waals surface area contributed by atoms with Crippen LogP contribution in [0.4, 0.5) is 0 Å². The van der Waals surface area contributed by atoms with Crippen LogP contribution in [0.25, 0.3) is 26.8 Å².